The molecule has 13 heavy (non-hydrogen) atoms. The maximum Gasteiger partial charge on any atom is 0.318 e. The summed E-state index contributed by atoms with van der Waals surface area (Å²) in [6, 6.07) is -0.771. The predicted molar refractivity (Wildman–Crippen MR) is 51.0 cm³/mol. The molecule has 0 aromatic heterocycles. The summed E-state index contributed by atoms with van der Waals surface area (Å²) in [5, 5.41) is 2.10. The lowest BCUT2D eigenvalue weighted by Gasteiger charge is -2.15. The van der Waals surface area contributed by atoms with Crippen LogP contribution >= 0.6 is 0 Å². The number of urea groups is 1. The van der Waals surface area contributed by atoms with Gasteiger partial charge in [-0.25, -0.2) is 4.79 Å². The number of amides is 3. The third kappa shape index (κ3) is 5.22. The van der Waals surface area contributed by atoms with Crippen molar-refractivity contribution in [3.05, 3.63) is 0 Å². The highest BCUT2D eigenvalue weighted by Gasteiger charge is 2.18. The van der Waals surface area contributed by atoms with E-state index in [1.165, 1.54) is 0 Å². The van der Waals surface area contributed by atoms with Gasteiger partial charge in [-0.2, -0.15) is 0 Å². The summed E-state index contributed by atoms with van der Waals surface area (Å²) >= 11 is 0. The SMILES string of the molecule is CCC(CC(C)C)C(=O)NC(N)=O. The summed E-state index contributed by atoms with van der Waals surface area (Å²) in [6.07, 6.45) is 1.52. The van der Waals surface area contributed by atoms with E-state index < -0.39 is 6.03 Å². The van der Waals surface area contributed by atoms with Crippen LogP contribution in [0.4, 0.5) is 4.79 Å². The van der Waals surface area contributed by atoms with Gasteiger partial charge in [-0.1, -0.05) is 20.8 Å². The molecular weight excluding hydrogens is 168 g/mol. The van der Waals surface area contributed by atoms with E-state index >= 15 is 0 Å². The van der Waals surface area contributed by atoms with Crippen molar-refractivity contribution in [3.63, 3.8) is 0 Å². The first-order valence-corrected chi connectivity index (χ1v) is 4.57. The molecule has 0 aliphatic heterocycles. The zero-order valence-corrected chi connectivity index (χ0v) is 8.46. The van der Waals surface area contributed by atoms with E-state index in [4.69, 9.17) is 5.73 Å². The van der Waals surface area contributed by atoms with Crippen LogP contribution in [0.5, 0.6) is 0 Å². The van der Waals surface area contributed by atoms with E-state index in [1.54, 1.807) is 0 Å². The predicted octanol–water partition coefficient (Wildman–Crippen LogP) is 1.25. The van der Waals surface area contributed by atoms with Crippen molar-refractivity contribution in [1.82, 2.24) is 5.32 Å². The van der Waals surface area contributed by atoms with Gasteiger partial charge in [0.15, 0.2) is 0 Å². The smallest absolute Gasteiger partial charge is 0.318 e. The number of nitrogens with one attached hydrogen (secondary N) is 1. The summed E-state index contributed by atoms with van der Waals surface area (Å²) in [4.78, 5) is 21.7. The van der Waals surface area contributed by atoms with Crippen molar-refractivity contribution in [3.8, 4) is 0 Å². The van der Waals surface area contributed by atoms with Crippen molar-refractivity contribution in [1.29, 1.82) is 0 Å². The average Bonchev–Trinajstić information content (AvgIpc) is 1.98. The number of rotatable bonds is 4. The lowest BCUT2D eigenvalue weighted by molar-refractivity contribution is -0.124. The summed E-state index contributed by atoms with van der Waals surface area (Å²) in [7, 11) is 0. The molecule has 1 unspecified atom stereocenters. The monoisotopic (exact) mass is 186 g/mol. The van der Waals surface area contributed by atoms with Crippen molar-refractivity contribution in [2.45, 2.75) is 33.6 Å². The molecule has 0 saturated heterocycles. The third-order valence-corrected chi connectivity index (χ3v) is 1.87. The van der Waals surface area contributed by atoms with Gasteiger partial charge in [-0.3, -0.25) is 10.1 Å². The average molecular weight is 186 g/mol. The molecule has 0 aliphatic carbocycles. The van der Waals surface area contributed by atoms with Crippen molar-refractivity contribution < 1.29 is 9.59 Å². The fourth-order valence-corrected chi connectivity index (χ4v) is 1.25. The second kappa shape index (κ2) is 5.56. The number of primary amides is 1. The fourth-order valence-electron chi connectivity index (χ4n) is 1.25. The minimum atomic E-state index is -0.771. The summed E-state index contributed by atoms with van der Waals surface area (Å²) in [6.45, 7) is 6.01. The number of imide groups is 1. The summed E-state index contributed by atoms with van der Waals surface area (Å²) < 4.78 is 0. The molecule has 4 heteroatoms. The Labute approximate surface area is 78.9 Å². The minimum Gasteiger partial charge on any atom is -0.351 e. The van der Waals surface area contributed by atoms with Gasteiger partial charge in [0.25, 0.3) is 0 Å². The molecule has 0 aliphatic rings. The Morgan fingerprint density at radius 1 is 1.38 bits per heavy atom. The van der Waals surface area contributed by atoms with Crippen LogP contribution < -0.4 is 11.1 Å². The van der Waals surface area contributed by atoms with Gasteiger partial charge in [0.2, 0.25) is 5.91 Å². The molecule has 0 aromatic carbocycles. The lowest BCUT2D eigenvalue weighted by atomic mass is 9.94. The number of hydrogen-bond acceptors (Lipinski definition) is 2. The zero-order valence-electron chi connectivity index (χ0n) is 8.46. The van der Waals surface area contributed by atoms with Gasteiger partial charge in [-0.05, 0) is 18.8 Å². The quantitative estimate of drug-likeness (QED) is 0.693. The molecule has 0 bridgehead atoms. The fraction of sp³-hybridized carbons (Fsp3) is 0.778. The first-order chi connectivity index (χ1) is 5.97. The Morgan fingerprint density at radius 3 is 2.23 bits per heavy atom. The number of nitrogens with two attached hydrogens (primary N) is 1. The Morgan fingerprint density at radius 2 is 1.92 bits per heavy atom. The van der Waals surface area contributed by atoms with Crippen molar-refractivity contribution in [2.24, 2.45) is 17.6 Å². The molecule has 0 radical (unpaired) electrons. The van der Waals surface area contributed by atoms with Gasteiger partial charge in [0.05, 0.1) is 0 Å². The van der Waals surface area contributed by atoms with Gasteiger partial charge < -0.3 is 5.73 Å². The maximum atomic E-state index is 11.3. The van der Waals surface area contributed by atoms with Gasteiger partial charge >= 0.3 is 6.03 Å². The maximum absolute atomic E-state index is 11.3. The normalized spacial score (nSPS) is 12.6. The van der Waals surface area contributed by atoms with Gasteiger partial charge in [0.1, 0.15) is 0 Å². The van der Waals surface area contributed by atoms with E-state index in [0.717, 1.165) is 12.8 Å². The van der Waals surface area contributed by atoms with E-state index in [1.807, 2.05) is 20.8 Å². The second-order valence-electron chi connectivity index (χ2n) is 3.59. The lowest BCUT2D eigenvalue weighted by Crippen LogP contribution is -2.39. The zero-order chi connectivity index (χ0) is 10.4. The number of carbonyl (C=O) groups excluding carboxylic acids is 2. The largest absolute Gasteiger partial charge is 0.351 e. The molecule has 0 aromatic rings. The van der Waals surface area contributed by atoms with E-state index in [2.05, 4.69) is 5.32 Å². The van der Waals surface area contributed by atoms with Crippen LogP contribution in [0.15, 0.2) is 0 Å². The Kier molecular flexibility index (Phi) is 5.11. The highest BCUT2D eigenvalue weighted by molar-refractivity contribution is 5.94. The molecule has 3 N–H and O–H groups in total. The summed E-state index contributed by atoms with van der Waals surface area (Å²) in [5.74, 6) is 0.0831. The van der Waals surface area contributed by atoms with Crippen LogP contribution in [0.25, 0.3) is 0 Å². The van der Waals surface area contributed by atoms with Gasteiger partial charge in [0, 0.05) is 5.92 Å². The van der Waals surface area contributed by atoms with Crippen LogP contribution in [0.3, 0.4) is 0 Å². The van der Waals surface area contributed by atoms with E-state index in [9.17, 15) is 9.59 Å². The van der Waals surface area contributed by atoms with Crippen molar-refractivity contribution in [2.75, 3.05) is 0 Å². The highest BCUT2D eigenvalue weighted by Crippen LogP contribution is 2.14. The third-order valence-electron chi connectivity index (χ3n) is 1.87. The molecule has 0 fully saturated rings. The van der Waals surface area contributed by atoms with Crippen LogP contribution in [0, 0.1) is 11.8 Å². The topological polar surface area (TPSA) is 72.2 Å². The first kappa shape index (κ1) is 11.9. The Balaban J connectivity index is 4.07. The molecule has 0 spiro atoms. The molecule has 0 rings (SSSR count). The van der Waals surface area contributed by atoms with Crippen molar-refractivity contribution >= 4 is 11.9 Å². The van der Waals surface area contributed by atoms with Crippen LogP contribution in [-0.4, -0.2) is 11.9 Å². The number of carbonyl (C=O) groups is 2. The molecule has 3 amide bonds. The van der Waals surface area contributed by atoms with Crippen LogP contribution in [0.2, 0.25) is 0 Å². The molecule has 0 saturated carbocycles. The number of hydrogen-bond donors (Lipinski definition) is 2. The van der Waals surface area contributed by atoms with E-state index in [0.29, 0.717) is 5.92 Å². The standard InChI is InChI=1S/C9H18N2O2/c1-4-7(5-6(2)3)8(12)11-9(10)13/h6-7H,4-5H2,1-3H3,(H3,10,11,12,13). The summed E-state index contributed by atoms with van der Waals surface area (Å²) in [5.41, 5.74) is 4.85. The Bertz CT molecular complexity index is 190. The van der Waals surface area contributed by atoms with E-state index in [-0.39, 0.29) is 11.8 Å². The Hall–Kier alpha value is -1.06. The minimum absolute atomic E-state index is 0.104. The van der Waals surface area contributed by atoms with Crippen LogP contribution in [0.1, 0.15) is 33.6 Å². The van der Waals surface area contributed by atoms with Gasteiger partial charge in [-0.15, -0.1) is 0 Å². The molecule has 1 atom stereocenters. The van der Waals surface area contributed by atoms with Crippen LogP contribution in [-0.2, 0) is 4.79 Å². The second-order valence-corrected chi connectivity index (χ2v) is 3.59. The molecule has 76 valence electrons. The highest BCUT2D eigenvalue weighted by atomic mass is 16.2. The molecule has 4 nitrogen and oxygen atoms in total. The molecular formula is C9H18N2O2. The first-order valence-electron chi connectivity index (χ1n) is 4.57. The molecule has 0 heterocycles.